The Labute approximate surface area is 102 Å². The molecule has 0 nitrogen and oxygen atoms in total. The Balaban J connectivity index is -0.000000125. The normalized spacial score (nSPS) is 13.5. The summed E-state index contributed by atoms with van der Waals surface area (Å²) >= 11 is 0. The van der Waals surface area contributed by atoms with Gasteiger partial charge in [-0.1, -0.05) is 48.6 Å². The van der Waals surface area contributed by atoms with E-state index in [1.165, 1.54) is 0 Å². The summed E-state index contributed by atoms with van der Waals surface area (Å²) in [5.41, 5.74) is 0. The van der Waals surface area contributed by atoms with Crippen LogP contribution in [-0.4, -0.2) is 0 Å². The first kappa shape index (κ1) is 18.6. The fourth-order valence-corrected chi connectivity index (χ4v) is 0.786. The Kier molecular flexibility index (Phi) is 20.5. The minimum absolute atomic E-state index is 0. The van der Waals surface area contributed by atoms with Crippen LogP contribution in [-0.2, 0) is 25.8 Å². The van der Waals surface area contributed by atoms with Gasteiger partial charge in [0.25, 0.3) is 0 Å². The molecule has 2 aliphatic carbocycles. The molecule has 0 spiro atoms. The smallest absolute Gasteiger partial charge is 0 e. The number of rotatable bonds is 0. The van der Waals surface area contributed by atoms with E-state index in [9.17, 15) is 0 Å². The molecule has 0 aromatic carbocycles. The van der Waals surface area contributed by atoms with Gasteiger partial charge in [0.1, 0.15) is 0 Å². The first-order chi connectivity index (χ1) is 5.00. The number of hydrogen-bond donors (Lipinski definition) is 0. The van der Waals surface area contributed by atoms with Gasteiger partial charge in [0.15, 0.2) is 0 Å². The maximum atomic E-state index is 2.12. The molecular weight excluding hydrogens is 323 g/mol. The van der Waals surface area contributed by atoms with Crippen LogP contribution in [0.25, 0.3) is 0 Å². The second kappa shape index (κ2) is 14.4. The van der Waals surface area contributed by atoms with Gasteiger partial charge in [-0.05, 0) is 12.8 Å². The summed E-state index contributed by atoms with van der Waals surface area (Å²) in [4.78, 5) is 0. The topological polar surface area (TPSA) is 0 Å². The Morgan fingerprint density at radius 1 is 0.538 bits per heavy atom. The van der Waals surface area contributed by atoms with Crippen LogP contribution in [0.4, 0.5) is 0 Å². The Morgan fingerprint density at radius 3 is 0.846 bits per heavy atom. The molecule has 13 heavy (non-hydrogen) atoms. The van der Waals surface area contributed by atoms with Gasteiger partial charge in [-0.15, -0.1) is 0 Å². The van der Waals surface area contributed by atoms with Gasteiger partial charge >= 0.3 is 0 Å². The zero-order valence-electron chi connectivity index (χ0n) is 8.53. The average molecular weight is 341 g/mol. The van der Waals surface area contributed by atoms with Gasteiger partial charge in [-0.3, -0.25) is 0 Å². The van der Waals surface area contributed by atoms with E-state index in [2.05, 4.69) is 48.6 Å². The number of allylic oxidation sites excluding steroid dienone is 8. The van der Waals surface area contributed by atoms with Crippen LogP contribution in [0.15, 0.2) is 48.6 Å². The molecular formula is C12H18Hf-2. The molecule has 72 valence electrons. The van der Waals surface area contributed by atoms with Gasteiger partial charge in [-0.2, -0.15) is 0 Å². The van der Waals surface area contributed by atoms with Crippen LogP contribution in [0.5, 0.6) is 0 Å². The molecule has 0 radical (unpaired) electrons. The molecule has 0 unspecified atom stereocenters. The molecule has 0 amide bonds. The summed E-state index contributed by atoms with van der Waals surface area (Å²) in [6, 6.07) is 0. The predicted molar refractivity (Wildman–Crippen MR) is 58.6 cm³/mol. The molecule has 0 saturated heterocycles. The van der Waals surface area contributed by atoms with Crippen LogP contribution < -0.4 is 0 Å². The monoisotopic (exact) mass is 342 g/mol. The summed E-state index contributed by atoms with van der Waals surface area (Å²) in [7, 11) is 0. The molecule has 1 heteroatoms. The molecule has 0 fully saturated rings. The molecule has 0 aliphatic heterocycles. The van der Waals surface area contributed by atoms with E-state index in [-0.39, 0.29) is 40.7 Å². The van der Waals surface area contributed by atoms with Crippen molar-refractivity contribution in [2.45, 2.75) is 12.8 Å². The maximum Gasteiger partial charge on any atom is 0 e. The van der Waals surface area contributed by atoms with E-state index < -0.39 is 0 Å². The van der Waals surface area contributed by atoms with Gasteiger partial charge in [0.05, 0.1) is 0 Å². The molecule has 0 heterocycles. The van der Waals surface area contributed by atoms with E-state index in [0.717, 1.165) is 12.8 Å². The van der Waals surface area contributed by atoms with Crippen molar-refractivity contribution < 1.29 is 25.8 Å². The molecule has 0 atom stereocenters. The fraction of sp³-hybridized carbons (Fsp3) is 0.167. The third-order valence-electron chi connectivity index (χ3n) is 1.31. The van der Waals surface area contributed by atoms with Crippen molar-refractivity contribution in [2.75, 3.05) is 0 Å². The molecule has 0 saturated carbocycles. The Bertz CT molecular complexity index is 143. The largest absolute Gasteiger partial charge is 0.358 e. The summed E-state index contributed by atoms with van der Waals surface area (Å²) in [6.45, 7) is 0. The van der Waals surface area contributed by atoms with Gasteiger partial charge in [-0.25, -0.2) is 0 Å². The van der Waals surface area contributed by atoms with E-state index in [1.807, 2.05) is 0 Å². The molecule has 0 aromatic rings. The molecule has 2 aliphatic rings. The first-order valence-corrected chi connectivity index (χ1v) is 3.63. The van der Waals surface area contributed by atoms with E-state index in [1.54, 1.807) is 0 Å². The van der Waals surface area contributed by atoms with Gasteiger partial charge in [0.2, 0.25) is 0 Å². The second-order valence-corrected chi connectivity index (χ2v) is 2.18. The van der Waals surface area contributed by atoms with Crippen molar-refractivity contribution in [1.29, 1.82) is 0 Å². The molecule has 0 N–H and O–H groups in total. The summed E-state index contributed by atoms with van der Waals surface area (Å²) < 4.78 is 0. The zero-order valence-corrected chi connectivity index (χ0v) is 12.1. The standard InChI is InChI=1S/2C5H6.2CH3.Hf/c2*1-2-4-5-3-1;;;/h2*1-4H,5H2;2*1H3;/q;;2*-1;. The van der Waals surface area contributed by atoms with Crippen molar-refractivity contribution in [3.63, 3.8) is 0 Å². The van der Waals surface area contributed by atoms with Crippen LogP contribution in [0.2, 0.25) is 0 Å². The Morgan fingerprint density at radius 2 is 0.769 bits per heavy atom. The summed E-state index contributed by atoms with van der Waals surface area (Å²) in [6.07, 6.45) is 19.0. The van der Waals surface area contributed by atoms with Crippen LogP contribution in [0.1, 0.15) is 12.8 Å². The quantitative estimate of drug-likeness (QED) is 0.463. The summed E-state index contributed by atoms with van der Waals surface area (Å²) in [5.74, 6) is 0. The minimum atomic E-state index is 0. The van der Waals surface area contributed by atoms with Gasteiger partial charge < -0.3 is 14.9 Å². The third kappa shape index (κ3) is 11.8. The average Bonchev–Trinajstić information content (AvgIpc) is 2.67. The SMILES string of the molecule is C1=CCC=C1.C1=CCC=C1.[CH3-].[CH3-].[Hf]. The molecule has 0 bridgehead atoms. The van der Waals surface area contributed by atoms with Gasteiger partial charge in [0, 0.05) is 25.8 Å². The summed E-state index contributed by atoms with van der Waals surface area (Å²) in [5, 5.41) is 0. The Hall–Kier alpha value is -0.170. The molecule has 0 aromatic heterocycles. The molecule has 2 rings (SSSR count). The zero-order chi connectivity index (χ0) is 7.07. The van der Waals surface area contributed by atoms with Crippen molar-refractivity contribution in [3.8, 4) is 0 Å². The minimum Gasteiger partial charge on any atom is -0.358 e. The van der Waals surface area contributed by atoms with Crippen LogP contribution >= 0.6 is 0 Å². The maximum absolute atomic E-state index is 2.12. The van der Waals surface area contributed by atoms with E-state index >= 15 is 0 Å². The third-order valence-corrected chi connectivity index (χ3v) is 1.31. The van der Waals surface area contributed by atoms with Crippen molar-refractivity contribution in [3.05, 3.63) is 63.5 Å². The van der Waals surface area contributed by atoms with E-state index in [4.69, 9.17) is 0 Å². The second-order valence-electron chi connectivity index (χ2n) is 2.18. The van der Waals surface area contributed by atoms with E-state index in [0.29, 0.717) is 0 Å². The van der Waals surface area contributed by atoms with Crippen LogP contribution in [0, 0.1) is 14.9 Å². The first-order valence-electron chi connectivity index (χ1n) is 3.63. The number of hydrogen-bond acceptors (Lipinski definition) is 0. The predicted octanol–water partition coefficient (Wildman–Crippen LogP) is 3.90. The van der Waals surface area contributed by atoms with Crippen molar-refractivity contribution >= 4 is 0 Å². The van der Waals surface area contributed by atoms with Crippen molar-refractivity contribution in [2.24, 2.45) is 0 Å². The van der Waals surface area contributed by atoms with Crippen molar-refractivity contribution in [1.82, 2.24) is 0 Å². The van der Waals surface area contributed by atoms with Crippen LogP contribution in [0.3, 0.4) is 0 Å². The fourth-order valence-electron chi connectivity index (χ4n) is 0.786.